The molecule has 0 saturated heterocycles. The van der Waals surface area contributed by atoms with Crippen molar-refractivity contribution in [2.75, 3.05) is 23.8 Å². The predicted molar refractivity (Wildman–Crippen MR) is 120 cm³/mol. The average Bonchev–Trinajstić information content (AvgIpc) is 3.47. The maximum atomic E-state index is 5.86. The van der Waals surface area contributed by atoms with Gasteiger partial charge in [-0.25, -0.2) is 4.98 Å². The fourth-order valence-corrected chi connectivity index (χ4v) is 3.38. The van der Waals surface area contributed by atoms with Gasteiger partial charge in [0, 0.05) is 23.7 Å². The molecule has 0 atom stereocenters. The van der Waals surface area contributed by atoms with Gasteiger partial charge >= 0.3 is 0 Å². The molecule has 0 radical (unpaired) electrons. The number of nitrogens with one attached hydrogen (secondary N) is 4. The van der Waals surface area contributed by atoms with E-state index in [9.17, 15) is 0 Å². The first-order valence-corrected chi connectivity index (χ1v) is 10.1. The van der Waals surface area contributed by atoms with Crippen molar-refractivity contribution in [1.29, 1.82) is 0 Å². The Hall–Kier alpha value is -4.14. The highest BCUT2D eigenvalue weighted by atomic mass is 16.5. The van der Waals surface area contributed by atoms with Gasteiger partial charge in [0.05, 0.1) is 24.0 Å². The van der Waals surface area contributed by atoms with Crippen LogP contribution in [0.15, 0.2) is 66.7 Å². The van der Waals surface area contributed by atoms with Crippen LogP contribution in [-0.4, -0.2) is 43.5 Å². The summed E-state index contributed by atoms with van der Waals surface area (Å²) in [5, 5.41) is 21.8. The number of anilines is 3. The highest BCUT2D eigenvalue weighted by molar-refractivity contribution is 5.82. The third kappa shape index (κ3) is 4.55. The Morgan fingerprint density at radius 2 is 2.06 bits per heavy atom. The SMILES string of the molecule is C1=C(OCCNc2ccccn2)CCC(c2nc(Nc3ccc4[nH]ncc4c3)n[nH]2)=C1. The van der Waals surface area contributed by atoms with E-state index in [1.165, 1.54) is 0 Å². The molecule has 4 N–H and O–H groups in total. The van der Waals surface area contributed by atoms with Crippen LogP contribution in [0.1, 0.15) is 18.7 Å². The number of benzene rings is 1. The number of hydrogen-bond donors (Lipinski definition) is 4. The van der Waals surface area contributed by atoms with Crippen LogP contribution in [0.25, 0.3) is 16.5 Å². The van der Waals surface area contributed by atoms with Crippen LogP contribution in [-0.2, 0) is 4.74 Å². The summed E-state index contributed by atoms with van der Waals surface area (Å²) in [7, 11) is 0. The Bertz CT molecular complexity index is 1220. The van der Waals surface area contributed by atoms with Gasteiger partial charge in [0.15, 0.2) is 5.82 Å². The highest BCUT2D eigenvalue weighted by Crippen LogP contribution is 2.26. The van der Waals surface area contributed by atoms with Gasteiger partial charge in [-0.05, 0) is 48.4 Å². The molecule has 0 aliphatic heterocycles. The summed E-state index contributed by atoms with van der Waals surface area (Å²) in [5.41, 5.74) is 3.00. The minimum atomic E-state index is 0.533. The normalized spacial score (nSPS) is 13.5. The van der Waals surface area contributed by atoms with Crippen molar-refractivity contribution >= 4 is 33.9 Å². The second-order valence-electron chi connectivity index (χ2n) is 7.12. The number of H-pyrrole nitrogens is 2. The number of aromatic nitrogens is 6. The largest absolute Gasteiger partial charge is 0.496 e. The zero-order valence-electron chi connectivity index (χ0n) is 16.8. The van der Waals surface area contributed by atoms with E-state index < -0.39 is 0 Å². The second-order valence-corrected chi connectivity index (χ2v) is 7.12. The Kier molecular flexibility index (Phi) is 5.29. The molecule has 3 heterocycles. The van der Waals surface area contributed by atoms with Crippen LogP contribution in [0.5, 0.6) is 0 Å². The number of aromatic amines is 2. The van der Waals surface area contributed by atoms with Crippen molar-refractivity contribution < 1.29 is 4.74 Å². The van der Waals surface area contributed by atoms with E-state index in [1.54, 1.807) is 12.4 Å². The van der Waals surface area contributed by atoms with Crippen LogP contribution in [0.2, 0.25) is 0 Å². The minimum absolute atomic E-state index is 0.533. The highest BCUT2D eigenvalue weighted by Gasteiger charge is 2.13. The lowest BCUT2D eigenvalue weighted by atomic mass is 10.0. The monoisotopic (exact) mass is 414 g/mol. The van der Waals surface area contributed by atoms with Crippen molar-refractivity contribution in [2.24, 2.45) is 0 Å². The molecule has 0 saturated carbocycles. The smallest absolute Gasteiger partial charge is 0.246 e. The molecular formula is C22H22N8O. The van der Waals surface area contributed by atoms with Gasteiger partial charge in [-0.2, -0.15) is 10.1 Å². The number of fused-ring (bicyclic) bond motifs is 1. The zero-order valence-corrected chi connectivity index (χ0v) is 16.8. The van der Waals surface area contributed by atoms with E-state index >= 15 is 0 Å². The first kappa shape index (κ1) is 18.9. The number of hydrogen-bond acceptors (Lipinski definition) is 7. The van der Waals surface area contributed by atoms with E-state index in [4.69, 9.17) is 4.74 Å². The lowest BCUT2D eigenvalue weighted by molar-refractivity contribution is 0.213. The number of ether oxygens (including phenoxy) is 1. The zero-order chi connectivity index (χ0) is 20.9. The summed E-state index contributed by atoms with van der Waals surface area (Å²) in [6, 6.07) is 11.7. The summed E-state index contributed by atoms with van der Waals surface area (Å²) in [5.74, 6) is 3.12. The molecule has 9 nitrogen and oxygen atoms in total. The number of nitrogens with zero attached hydrogens (tertiary/aromatic N) is 4. The Balaban J connectivity index is 1.15. The molecule has 0 fully saturated rings. The molecule has 0 spiro atoms. The third-order valence-electron chi connectivity index (χ3n) is 4.96. The minimum Gasteiger partial charge on any atom is -0.496 e. The van der Waals surface area contributed by atoms with Crippen molar-refractivity contribution in [3.05, 3.63) is 72.5 Å². The van der Waals surface area contributed by atoms with Gasteiger partial charge in [0.25, 0.3) is 0 Å². The van der Waals surface area contributed by atoms with Gasteiger partial charge in [-0.3, -0.25) is 10.2 Å². The molecule has 9 heteroatoms. The van der Waals surface area contributed by atoms with Gasteiger partial charge in [-0.15, -0.1) is 5.10 Å². The van der Waals surface area contributed by atoms with Crippen LogP contribution in [0, 0.1) is 0 Å². The maximum absolute atomic E-state index is 5.86. The molecule has 156 valence electrons. The number of pyridine rings is 1. The summed E-state index contributed by atoms with van der Waals surface area (Å²) >= 11 is 0. The summed E-state index contributed by atoms with van der Waals surface area (Å²) in [6.45, 7) is 1.29. The quantitative estimate of drug-likeness (QED) is 0.322. The van der Waals surface area contributed by atoms with Crippen molar-refractivity contribution in [3.8, 4) is 0 Å². The molecule has 31 heavy (non-hydrogen) atoms. The van der Waals surface area contributed by atoms with E-state index in [0.717, 1.165) is 52.4 Å². The summed E-state index contributed by atoms with van der Waals surface area (Å²) < 4.78 is 5.86. The molecular weight excluding hydrogens is 392 g/mol. The topological polar surface area (TPSA) is 116 Å². The average molecular weight is 414 g/mol. The van der Waals surface area contributed by atoms with E-state index in [1.807, 2.05) is 48.6 Å². The van der Waals surface area contributed by atoms with Crippen LogP contribution in [0.4, 0.5) is 17.5 Å². The van der Waals surface area contributed by atoms with Crippen LogP contribution in [0.3, 0.4) is 0 Å². The predicted octanol–water partition coefficient (Wildman–Crippen LogP) is 4.01. The summed E-state index contributed by atoms with van der Waals surface area (Å²) in [6.07, 6.45) is 9.26. The molecule has 3 aromatic heterocycles. The first-order valence-electron chi connectivity index (χ1n) is 10.1. The van der Waals surface area contributed by atoms with Crippen molar-refractivity contribution in [3.63, 3.8) is 0 Å². The molecule has 1 aliphatic carbocycles. The molecule has 0 amide bonds. The van der Waals surface area contributed by atoms with Gasteiger partial charge in [-0.1, -0.05) is 12.1 Å². The lowest BCUT2D eigenvalue weighted by Crippen LogP contribution is -2.10. The molecule has 5 rings (SSSR count). The van der Waals surface area contributed by atoms with E-state index in [-0.39, 0.29) is 0 Å². The van der Waals surface area contributed by atoms with Crippen LogP contribution < -0.4 is 10.6 Å². The molecule has 1 aromatic carbocycles. The van der Waals surface area contributed by atoms with Crippen molar-refractivity contribution in [1.82, 2.24) is 30.4 Å². The van der Waals surface area contributed by atoms with E-state index in [0.29, 0.717) is 19.1 Å². The summed E-state index contributed by atoms with van der Waals surface area (Å²) in [4.78, 5) is 8.80. The lowest BCUT2D eigenvalue weighted by Gasteiger charge is -2.15. The van der Waals surface area contributed by atoms with E-state index in [2.05, 4.69) is 41.0 Å². The standard InChI is InChI=1S/C22H22N8O/c1-2-10-23-20(3-1)24-11-12-31-18-7-4-15(5-8-18)21-27-22(30-29-21)26-17-6-9-19-16(13-17)14-25-28-19/h1-4,6-7,9-10,13-14H,5,8,11-12H2,(H,23,24)(H,25,28)(H2,26,27,29,30). The van der Waals surface area contributed by atoms with Gasteiger partial charge in [0.1, 0.15) is 12.4 Å². The van der Waals surface area contributed by atoms with Gasteiger partial charge < -0.3 is 15.4 Å². The number of allylic oxidation sites excluding steroid dienone is 4. The molecule has 1 aliphatic rings. The third-order valence-corrected chi connectivity index (χ3v) is 4.96. The molecule has 0 bridgehead atoms. The van der Waals surface area contributed by atoms with Crippen LogP contribution >= 0.6 is 0 Å². The second kappa shape index (κ2) is 8.70. The van der Waals surface area contributed by atoms with Crippen molar-refractivity contribution in [2.45, 2.75) is 12.8 Å². The fraction of sp³-hybridized carbons (Fsp3) is 0.182. The Morgan fingerprint density at radius 3 is 2.94 bits per heavy atom. The maximum Gasteiger partial charge on any atom is 0.246 e. The Morgan fingerprint density at radius 1 is 1.06 bits per heavy atom. The van der Waals surface area contributed by atoms with Gasteiger partial charge in [0.2, 0.25) is 5.95 Å². The first-order chi connectivity index (χ1) is 15.3. The molecule has 0 unspecified atom stereocenters. The Labute approximate surface area is 178 Å². The fourth-order valence-electron chi connectivity index (χ4n) is 3.38. The molecule has 4 aromatic rings. The number of rotatable bonds is 8.